The topological polar surface area (TPSA) is 70.2 Å². The van der Waals surface area contributed by atoms with Crippen molar-refractivity contribution in [3.63, 3.8) is 0 Å². The van der Waals surface area contributed by atoms with E-state index in [1.807, 2.05) is 6.92 Å². The first-order chi connectivity index (χ1) is 12.0. The molecule has 3 heterocycles. The Morgan fingerprint density at radius 2 is 2.20 bits per heavy atom. The second-order valence-corrected chi connectivity index (χ2v) is 7.73. The lowest BCUT2D eigenvalue weighted by molar-refractivity contribution is -0.122. The number of hydrogen-bond acceptors (Lipinski definition) is 5. The highest BCUT2D eigenvalue weighted by Crippen LogP contribution is 2.23. The Labute approximate surface area is 150 Å². The number of nitrogens with one attached hydrogen (secondary N) is 2. The molecule has 0 saturated carbocycles. The predicted octanol–water partition coefficient (Wildman–Crippen LogP) is 1.99. The molecular weight excluding hydrogens is 314 g/mol. The summed E-state index contributed by atoms with van der Waals surface area (Å²) in [6.45, 7) is 9.99. The summed E-state index contributed by atoms with van der Waals surface area (Å²) in [6, 6.07) is 2.09. The Morgan fingerprint density at radius 1 is 1.36 bits per heavy atom. The number of carbonyl (C=O) groups is 1. The molecule has 138 valence electrons. The Morgan fingerprint density at radius 3 is 2.92 bits per heavy atom. The molecule has 2 N–H and O–H groups in total. The van der Waals surface area contributed by atoms with Crippen LogP contribution in [0.1, 0.15) is 57.0 Å². The van der Waals surface area contributed by atoms with Crippen molar-refractivity contribution >= 4 is 11.7 Å². The van der Waals surface area contributed by atoms with Gasteiger partial charge < -0.3 is 15.5 Å². The van der Waals surface area contributed by atoms with Crippen LogP contribution >= 0.6 is 0 Å². The van der Waals surface area contributed by atoms with Gasteiger partial charge in [0.1, 0.15) is 11.6 Å². The average molecular weight is 345 g/mol. The lowest BCUT2D eigenvalue weighted by Gasteiger charge is -2.34. The van der Waals surface area contributed by atoms with Crippen molar-refractivity contribution in [1.29, 1.82) is 0 Å². The van der Waals surface area contributed by atoms with Crippen molar-refractivity contribution in [3.8, 4) is 0 Å². The fourth-order valence-corrected chi connectivity index (χ4v) is 3.71. The van der Waals surface area contributed by atoms with Gasteiger partial charge in [0.15, 0.2) is 0 Å². The maximum absolute atomic E-state index is 12.2. The van der Waals surface area contributed by atoms with Gasteiger partial charge in [-0.25, -0.2) is 9.97 Å². The lowest BCUT2D eigenvalue weighted by Crippen LogP contribution is -2.45. The van der Waals surface area contributed by atoms with E-state index in [-0.39, 0.29) is 11.9 Å². The van der Waals surface area contributed by atoms with E-state index in [1.54, 1.807) is 0 Å². The fraction of sp³-hybridized carbons (Fsp3) is 0.737. The van der Waals surface area contributed by atoms with E-state index >= 15 is 0 Å². The highest BCUT2D eigenvalue weighted by Gasteiger charge is 2.25. The smallest absolute Gasteiger partial charge is 0.237 e. The normalized spacial score (nSPS) is 23.9. The number of hydrogen-bond donors (Lipinski definition) is 2. The first kappa shape index (κ1) is 18.1. The van der Waals surface area contributed by atoms with Crippen LogP contribution in [0.25, 0.3) is 0 Å². The number of amides is 1. The third-order valence-electron chi connectivity index (χ3n) is 5.16. The fourth-order valence-electron chi connectivity index (χ4n) is 3.71. The average Bonchev–Trinajstić information content (AvgIpc) is 3.14. The van der Waals surface area contributed by atoms with E-state index in [4.69, 9.17) is 4.98 Å². The monoisotopic (exact) mass is 345 g/mol. The standard InChI is InChI=1S/C19H31N5O/c1-13(2)18-22-14(3)10-17(23-18)24-9-5-6-15(12-24)11-21-19(25)16-7-4-8-20-16/h10,13,15-16,20H,4-9,11-12H2,1-3H3,(H,21,25). The van der Waals surface area contributed by atoms with E-state index in [0.717, 1.165) is 69.2 Å². The SMILES string of the molecule is Cc1cc(N2CCCC(CNC(=O)C3CCCN3)C2)nc(C(C)C)n1. The molecule has 0 aromatic carbocycles. The molecule has 0 bridgehead atoms. The molecular formula is C19H31N5O. The maximum atomic E-state index is 12.2. The number of piperidine rings is 1. The molecule has 0 spiro atoms. The van der Waals surface area contributed by atoms with Crippen LogP contribution in [-0.4, -0.2) is 48.1 Å². The Kier molecular flexibility index (Phi) is 5.89. The molecule has 1 amide bonds. The predicted molar refractivity (Wildman–Crippen MR) is 99.8 cm³/mol. The molecule has 1 aromatic heterocycles. The zero-order valence-corrected chi connectivity index (χ0v) is 15.7. The number of anilines is 1. The highest BCUT2D eigenvalue weighted by atomic mass is 16.2. The molecule has 2 aliphatic heterocycles. The summed E-state index contributed by atoms with van der Waals surface area (Å²) in [4.78, 5) is 23.9. The van der Waals surface area contributed by atoms with Crippen LogP contribution in [0, 0.1) is 12.8 Å². The van der Waals surface area contributed by atoms with Gasteiger partial charge in [0.25, 0.3) is 0 Å². The quantitative estimate of drug-likeness (QED) is 0.854. The summed E-state index contributed by atoms with van der Waals surface area (Å²) >= 11 is 0. The zero-order valence-electron chi connectivity index (χ0n) is 15.7. The Bertz CT molecular complexity index is 597. The van der Waals surface area contributed by atoms with Gasteiger partial charge in [0.2, 0.25) is 5.91 Å². The van der Waals surface area contributed by atoms with E-state index < -0.39 is 0 Å². The number of carbonyl (C=O) groups excluding carboxylic acids is 1. The molecule has 1 aromatic rings. The molecule has 2 fully saturated rings. The largest absolute Gasteiger partial charge is 0.356 e. The van der Waals surface area contributed by atoms with Crippen molar-refractivity contribution in [2.24, 2.45) is 5.92 Å². The minimum atomic E-state index is 0.0119. The van der Waals surface area contributed by atoms with Crippen LogP contribution in [-0.2, 0) is 4.79 Å². The van der Waals surface area contributed by atoms with Crippen LogP contribution in [0.3, 0.4) is 0 Å². The maximum Gasteiger partial charge on any atom is 0.237 e. The summed E-state index contributed by atoms with van der Waals surface area (Å²) < 4.78 is 0. The summed E-state index contributed by atoms with van der Waals surface area (Å²) in [6.07, 6.45) is 4.36. The summed E-state index contributed by atoms with van der Waals surface area (Å²) in [5.74, 6) is 2.92. The minimum absolute atomic E-state index is 0.0119. The van der Waals surface area contributed by atoms with Crippen molar-refractivity contribution < 1.29 is 4.79 Å². The van der Waals surface area contributed by atoms with Gasteiger partial charge in [0, 0.05) is 37.3 Å². The molecule has 3 rings (SSSR count). The molecule has 2 saturated heterocycles. The lowest BCUT2D eigenvalue weighted by atomic mass is 9.97. The van der Waals surface area contributed by atoms with Crippen LogP contribution in [0.5, 0.6) is 0 Å². The molecule has 6 heteroatoms. The second kappa shape index (κ2) is 8.13. The van der Waals surface area contributed by atoms with Crippen LogP contribution in [0.15, 0.2) is 6.07 Å². The number of nitrogens with zero attached hydrogens (tertiary/aromatic N) is 3. The van der Waals surface area contributed by atoms with Gasteiger partial charge in [-0.15, -0.1) is 0 Å². The summed E-state index contributed by atoms with van der Waals surface area (Å²) in [5, 5.41) is 6.41. The van der Waals surface area contributed by atoms with Crippen LogP contribution in [0.4, 0.5) is 5.82 Å². The van der Waals surface area contributed by atoms with E-state index in [2.05, 4.69) is 40.4 Å². The van der Waals surface area contributed by atoms with Gasteiger partial charge >= 0.3 is 0 Å². The van der Waals surface area contributed by atoms with Crippen molar-refractivity contribution in [2.45, 2.75) is 58.4 Å². The molecule has 2 aliphatic rings. The molecule has 2 unspecified atom stereocenters. The molecule has 25 heavy (non-hydrogen) atoms. The van der Waals surface area contributed by atoms with Crippen molar-refractivity contribution in [2.75, 3.05) is 31.1 Å². The van der Waals surface area contributed by atoms with Crippen molar-refractivity contribution in [1.82, 2.24) is 20.6 Å². The van der Waals surface area contributed by atoms with E-state index in [0.29, 0.717) is 11.8 Å². The number of aromatic nitrogens is 2. The first-order valence-electron chi connectivity index (χ1n) is 9.64. The number of aryl methyl sites for hydroxylation is 1. The number of rotatable bonds is 5. The van der Waals surface area contributed by atoms with E-state index in [1.165, 1.54) is 0 Å². The van der Waals surface area contributed by atoms with Crippen molar-refractivity contribution in [3.05, 3.63) is 17.6 Å². The molecule has 6 nitrogen and oxygen atoms in total. The second-order valence-electron chi connectivity index (χ2n) is 7.73. The van der Waals surface area contributed by atoms with Gasteiger partial charge in [-0.1, -0.05) is 13.8 Å². The third kappa shape index (κ3) is 4.69. The first-order valence-corrected chi connectivity index (χ1v) is 9.64. The molecule has 0 aliphatic carbocycles. The Balaban J connectivity index is 1.58. The molecule has 0 radical (unpaired) electrons. The van der Waals surface area contributed by atoms with Gasteiger partial charge in [0.05, 0.1) is 6.04 Å². The minimum Gasteiger partial charge on any atom is -0.356 e. The Hall–Kier alpha value is -1.69. The van der Waals surface area contributed by atoms with E-state index in [9.17, 15) is 4.79 Å². The summed E-state index contributed by atoms with van der Waals surface area (Å²) in [7, 11) is 0. The summed E-state index contributed by atoms with van der Waals surface area (Å²) in [5.41, 5.74) is 1.02. The third-order valence-corrected chi connectivity index (χ3v) is 5.16. The van der Waals surface area contributed by atoms with Gasteiger partial charge in [-0.2, -0.15) is 0 Å². The molecule has 2 atom stereocenters. The van der Waals surface area contributed by atoms with Crippen LogP contribution in [0.2, 0.25) is 0 Å². The highest BCUT2D eigenvalue weighted by molar-refractivity contribution is 5.82. The van der Waals surface area contributed by atoms with Gasteiger partial charge in [-0.3, -0.25) is 4.79 Å². The van der Waals surface area contributed by atoms with Gasteiger partial charge in [-0.05, 0) is 45.1 Å². The zero-order chi connectivity index (χ0) is 17.8. The van der Waals surface area contributed by atoms with Crippen LogP contribution < -0.4 is 15.5 Å².